The number of nitrogens with two attached hydrogens (primary N) is 1. The van der Waals surface area contributed by atoms with E-state index in [0.29, 0.717) is 38.8 Å². The van der Waals surface area contributed by atoms with Gasteiger partial charge in [-0.05, 0) is 26.2 Å². The number of hydrogen-bond acceptors (Lipinski definition) is 4. The lowest BCUT2D eigenvalue weighted by Gasteiger charge is -2.31. The van der Waals surface area contributed by atoms with Crippen LogP contribution in [-0.4, -0.2) is 30.0 Å². The Morgan fingerprint density at radius 3 is 2.19 bits per heavy atom. The maximum Gasteiger partial charge on any atom is 0.305 e. The van der Waals surface area contributed by atoms with E-state index in [0.717, 1.165) is 12.8 Å². The molecular weight excluding hydrogens is 288 g/mol. The van der Waals surface area contributed by atoms with Gasteiger partial charge in [0.2, 0.25) is 5.91 Å². The van der Waals surface area contributed by atoms with Gasteiger partial charge in [0, 0.05) is 13.0 Å². The molecular formula is C15H28N2O3S. The molecule has 0 aromatic heterocycles. The standard InChI is InChI=1S/C15H28N2O3S/c1-4-9-15(10-5-2,13(16)21)14(19)17-11-7-8-12(18)20-6-3/h4-11H2,1-3H3,(H2,16,21)(H,17,19). The first kappa shape index (κ1) is 19.8. The van der Waals surface area contributed by atoms with Crippen molar-refractivity contribution in [3.63, 3.8) is 0 Å². The molecule has 5 nitrogen and oxygen atoms in total. The molecule has 3 N–H and O–H groups in total. The molecule has 0 bridgehead atoms. The molecule has 21 heavy (non-hydrogen) atoms. The summed E-state index contributed by atoms with van der Waals surface area (Å²) in [6, 6.07) is 0. The molecule has 0 spiro atoms. The Morgan fingerprint density at radius 1 is 1.19 bits per heavy atom. The van der Waals surface area contributed by atoms with Crippen molar-refractivity contribution in [2.75, 3.05) is 13.2 Å². The summed E-state index contributed by atoms with van der Waals surface area (Å²) in [7, 11) is 0. The second kappa shape index (κ2) is 10.5. The third kappa shape index (κ3) is 6.42. The fourth-order valence-corrected chi connectivity index (χ4v) is 2.70. The number of nitrogens with one attached hydrogen (secondary N) is 1. The van der Waals surface area contributed by atoms with Gasteiger partial charge in [-0.25, -0.2) is 0 Å². The zero-order valence-corrected chi connectivity index (χ0v) is 14.2. The van der Waals surface area contributed by atoms with E-state index in [1.807, 2.05) is 13.8 Å². The molecule has 0 aliphatic carbocycles. The summed E-state index contributed by atoms with van der Waals surface area (Å²) < 4.78 is 4.84. The maximum absolute atomic E-state index is 12.5. The molecule has 0 aromatic carbocycles. The Balaban J connectivity index is 4.48. The molecule has 0 radical (unpaired) electrons. The number of hydrogen-bond donors (Lipinski definition) is 2. The SMILES string of the molecule is CCCC(CCC)(C(=O)NCCCC(=O)OCC)C(N)=S. The lowest BCUT2D eigenvalue weighted by Crippen LogP contribution is -2.49. The Labute approximate surface area is 133 Å². The minimum absolute atomic E-state index is 0.123. The maximum atomic E-state index is 12.5. The van der Waals surface area contributed by atoms with Crippen molar-refractivity contribution in [1.82, 2.24) is 5.32 Å². The largest absolute Gasteiger partial charge is 0.466 e. The lowest BCUT2D eigenvalue weighted by atomic mass is 9.78. The molecule has 0 saturated carbocycles. The summed E-state index contributed by atoms with van der Waals surface area (Å²) in [5.41, 5.74) is 5.07. The molecule has 0 aliphatic rings. The highest BCUT2D eigenvalue weighted by atomic mass is 32.1. The van der Waals surface area contributed by atoms with Crippen LogP contribution in [-0.2, 0) is 14.3 Å². The third-order valence-electron chi connectivity index (χ3n) is 3.41. The quantitative estimate of drug-likeness (QED) is 0.347. The topological polar surface area (TPSA) is 81.4 Å². The van der Waals surface area contributed by atoms with Crippen LogP contribution in [0.5, 0.6) is 0 Å². The van der Waals surface area contributed by atoms with E-state index in [1.54, 1.807) is 6.92 Å². The summed E-state index contributed by atoms with van der Waals surface area (Å²) in [6.45, 7) is 6.59. The van der Waals surface area contributed by atoms with Crippen molar-refractivity contribution in [3.05, 3.63) is 0 Å². The first-order valence-corrected chi connectivity index (χ1v) is 8.09. The van der Waals surface area contributed by atoms with E-state index in [9.17, 15) is 9.59 Å². The second-order valence-electron chi connectivity index (χ2n) is 5.11. The molecule has 122 valence electrons. The second-order valence-corrected chi connectivity index (χ2v) is 5.55. The van der Waals surface area contributed by atoms with Crippen LogP contribution in [0.2, 0.25) is 0 Å². The monoisotopic (exact) mass is 316 g/mol. The van der Waals surface area contributed by atoms with Crippen LogP contribution in [0, 0.1) is 5.41 Å². The normalized spacial score (nSPS) is 11.0. The molecule has 0 aliphatic heterocycles. The van der Waals surface area contributed by atoms with E-state index in [2.05, 4.69) is 5.32 Å². The smallest absolute Gasteiger partial charge is 0.305 e. The Kier molecular flexibility index (Phi) is 9.95. The summed E-state index contributed by atoms with van der Waals surface area (Å²) >= 11 is 5.13. The van der Waals surface area contributed by atoms with E-state index >= 15 is 0 Å². The average Bonchev–Trinajstić information content (AvgIpc) is 2.43. The van der Waals surface area contributed by atoms with Crippen molar-refractivity contribution in [2.45, 2.75) is 59.3 Å². The highest BCUT2D eigenvalue weighted by molar-refractivity contribution is 7.80. The van der Waals surface area contributed by atoms with Gasteiger partial charge in [-0.15, -0.1) is 0 Å². The molecule has 0 atom stereocenters. The van der Waals surface area contributed by atoms with Gasteiger partial charge in [-0.2, -0.15) is 0 Å². The van der Waals surface area contributed by atoms with Crippen molar-refractivity contribution in [3.8, 4) is 0 Å². The minimum Gasteiger partial charge on any atom is -0.466 e. The molecule has 0 unspecified atom stereocenters. The highest BCUT2D eigenvalue weighted by Gasteiger charge is 2.39. The summed E-state index contributed by atoms with van der Waals surface area (Å²) in [4.78, 5) is 23.9. The number of rotatable bonds is 11. The number of amides is 1. The van der Waals surface area contributed by atoms with Crippen LogP contribution in [0.25, 0.3) is 0 Å². The molecule has 6 heteroatoms. The number of carbonyl (C=O) groups excluding carboxylic acids is 2. The van der Waals surface area contributed by atoms with Gasteiger partial charge in [-0.3, -0.25) is 9.59 Å². The zero-order valence-electron chi connectivity index (χ0n) is 13.4. The summed E-state index contributed by atoms with van der Waals surface area (Å²) in [6.07, 6.45) is 3.84. The molecule has 0 saturated heterocycles. The fourth-order valence-electron chi connectivity index (χ4n) is 2.40. The molecule has 0 heterocycles. The zero-order chi connectivity index (χ0) is 16.3. The van der Waals surface area contributed by atoms with Gasteiger partial charge in [0.1, 0.15) is 0 Å². The number of thiocarbonyl (C=S) groups is 1. The number of esters is 1. The Morgan fingerprint density at radius 2 is 1.76 bits per heavy atom. The van der Waals surface area contributed by atoms with Crippen molar-refractivity contribution < 1.29 is 14.3 Å². The highest BCUT2D eigenvalue weighted by Crippen LogP contribution is 2.30. The van der Waals surface area contributed by atoms with Crippen molar-refractivity contribution >= 4 is 29.1 Å². The molecule has 0 rings (SSSR count). The average molecular weight is 316 g/mol. The number of ether oxygens (including phenoxy) is 1. The van der Waals surface area contributed by atoms with Gasteiger partial charge in [0.25, 0.3) is 0 Å². The van der Waals surface area contributed by atoms with Crippen molar-refractivity contribution in [1.29, 1.82) is 0 Å². The van der Waals surface area contributed by atoms with Crippen molar-refractivity contribution in [2.24, 2.45) is 11.1 Å². The van der Waals surface area contributed by atoms with Crippen LogP contribution in [0.15, 0.2) is 0 Å². The van der Waals surface area contributed by atoms with E-state index < -0.39 is 5.41 Å². The molecule has 1 amide bonds. The predicted molar refractivity (Wildman–Crippen MR) is 87.9 cm³/mol. The van der Waals surface area contributed by atoms with Gasteiger partial charge in [0.15, 0.2) is 0 Å². The van der Waals surface area contributed by atoms with Crippen LogP contribution >= 0.6 is 12.2 Å². The number of carbonyl (C=O) groups is 2. The third-order valence-corrected chi connectivity index (χ3v) is 3.80. The first-order chi connectivity index (χ1) is 9.94. The van der Waals surface area contributed by atoms with Crippen LogP contribution in [0.3, 0.4) is 0 Å². The molecule has 0 fully saturated rings. The van der Waals surface area contributed by atoms with E-state index in [4.69, 9.17) is 22.7 Å². The molecule has 0 aromatic rings. The van der Waals surface area contributed by atoms with Gasteiger partial charge in [-0.1, -0.05) is 38.9 Å². The Bertz CT molecular complexity index is 353. The fraction of sp³-hybridized carbons (Fsp3) is 0.800. The van der Waals surface area contributed by atoms with Crippen LogP contribution < -0.4 is 11.1 Å². The summed E-state index contributed by atoms with van der Waals surface area (Å²) in [5.74, 6) is -0.364. The van der Waals surface area contributed by atoms with E-state index in [-0.39, 0.29) is 16.9 Å². The van der Waals surface area contributed by atoms with Gasteiger partial charge < -0.3 is 15.8 Å². The Hall–Kier alpha value is -1.17. The van der Waals surface area contributed by atoms with Gasteiger partial charge in [0.05, 0.1) is 17.0 Å². The predicted octanol–water partition coefficient (Wildman–Crippen LogP) is 2.32. The van der Waals surface area contributed by atoms with Crippen LogP contribution in [0.1, 0.15) is 59.3 Å². The first-order valence-electron chi connectivity index (χ1n) is 7.68. The summed E-state index contributed by atoms with van der Waals surface area (Å²) in [5, 5.41) is 2.86. The van der Waals surface area contributed by atoms with Crippen LogP contribution in [0.4, 0.5) is 0 Å². The minimum atomic E-state index is -0.761. The lowest BCUT2D eigenvalue weighted by molar-refractivity contribution is -0.143. The van der Waals surface area contributed by atoms with E-state index in [1.165, 1.54) is 0 Å². The van der Waals surface area contributed by atoms with Gasteiger partial charge >= 0.3 is 5.97 Å².